The molecule has 116 valence electrons. The molecule has 0 aromatic rings. The number of aliphatic hydroxyl groups is 1. The van der Waals surface area contributed by atoms with Gasteiger partial charge in [-0.1, -0.05) is 45.4 Å². The summed E-state index contributed by atoms with van der Waals surface area (Å²) < 4.78 is 0. The molecule has 0 amide bonds. The van der Waals surface area contributed by atoms with Gasteiger partial charge in [-0.2, -0.15) is 0 Å². The quantitative estimate of drug-likeness (QED) is 0.555. The Morgan fingerprint density at radius 1 is 0.842 bits per heavy atom. The van der Waals surface area contributed by atoms with E-state index in [0.717, 1.165) is 13.0 Å². The fourth-order valence-corrected chi connectivity index (χ4v) is 2.80. The minimum atomic E-state index is -0.585. The zero-order valence-electron chi connectivity index (χ0n) is 14.3. The normalized spacial score (nSPS) is 13.3. The van der Waals surface area contributed by atoms with Crippen LogP contribution in [0.3, 0.4) is 0 Å². The van der Waals surface area contributed by atoms with Crippen LogP contribution in [0.1, 0.15) is 86.0 Å². The first-order valence-corrected chi connectivity index (χ1v) is 8.12. The molecule has 0 spiro atoms. The lowest BCUT2D eigenvalue weighted by Crippen LogP contribution is -2.46. The van der Waals surface area contributed by atoms with Crippen molar-refractivity contribution < 1.29 is 5.11 Å². The third-order valence-electron chi connectivity index (χ3n) is 4.00. The van der Waals surface area contributed by atoms with Crippen molar-refractivity contribution >= 4 is 0 Å². The smallest absolute Gasteiger partial charge is 0.0609 e. The number of hydrogen-bond donors (Lipinski definition) is 1. The zero-order valence-corrected chi connectivity index (χ0v) is 14.3. The average molecular weight is 271 g/mol. The van der Waals surface area contributed by atoms with Crippen LogP contribution < -0.4 is 0 Å². The topological polar surface area (TPSA) is 23.5 Å². The van der Waals surface area contributed by atoms with Crippen molar-refractivity contribution in [3.63, 3.8) is 0 Å². The highest BCUT2D eigenvalue weighted by atomic mass is 16.3. The molecule has 0 saturated carbocycles. The van der Waals surface area contributed by atoms with Crippen molar-refractivity contribution in [3.05, 3.63) is 0 Å². The Balaban J connectivity index is 3.75. The Morgan fingerprint density at radius 3 is 1.79 bits per heavy atom. The number of hydrogen-bond acceptors (Lipinski definition) is 2. The summed E-state index contributed by atoms with van der Waals surface area (Å²) in [5.74, 6) is 0. The van der Waals surface area contributed by atoms with Gasteiger partial charge >= 0.3 is 0 Å². The molecule has 1 N–H and O–H groups in total. The Kier molecular flexibility index (Phi) is 8.93. The maximum atomic E-state index is 9.97. The van der Waals surface area contributed by atoms with Crippen molar-refractivity contribution in [3.8, 4) is 0 Å². The molecule has 0 fully saturated rings. The zero-order chi connectivity index (χ0) is 14.9. The lowest BCUT2D eigenvalue weighted by molar-refractivity contribution is 0.00923. The second-order valence-corrected chi connectivity index (χ2v) is 7.34. The van der Waals surface area contributed by atoms with E-state index in [9.17, 15) is 5.11 Å². The lowest BCUT2D eigenvalue weighted by Gasteiger charge is -2.39. The van der Waals surface area contributed by atoms with E-state index in [1.54, 1.807) is 0 Å². The van der Waals surface area contributed by atoms with Crippen molar-refractivity contribution in [2.24, 2.45) is 0 Å². The minimum absolute atomic E-state index is 0.0699. The fraction of sp³-hybridized carbons (Fsp3) is 1.00. The van der Waals surface area contributed by atoms with Crippen LogP contribution >= 0.6 is 0 Å². The van der Waals surface area contributed by atoms with E-state index < -0.39 is 5.60 Å². The van der Waals surface area contributed by atoms with E-state index >= 15 is 0 Å². The van der Waals surface area contributed by atoms with Crippen LogP contribution in [-0.2, 0) is 0 Å². The maximum Gasteiger partial charge on any atom is 0.0609 e. The summed E-state index contributed by atoms with van der Waals surface area (Å²) in [7, 11) is 2.18. The van der Waals surface area contributed by atoms with Gasteiger partial charge in [-0.15, -0.1) is 0 Å². The lowest BCUT2D eigenvalue weighted by atomic mass is 9.88. The van der Waals surface area contributed by atoms with Crippen LogP contribution in [0.15, 0.2) is 0 Å². The highest BCUT2D eigenvalue weighted by Gasteiger charge is 2.29. The second kappa shape index (κ2) is 8.97. The molecule has 0 bridgehead atoms. The summed E-state index contributed by atoms with van der Waals surface area (Å²) in [6, 6.07) is 0. The van der Waals surface area contributed by atoms with Gasteiger partial charge in [-0.05, 0) is 54.1 Å². The van der Waals surface area contributed by atoms with E-state index in [2.05, 4.69) is 32.7 Å². The average Bonchev–Trinajstić information content (AvgIpc) is 2.24. The molecule has 0 aliphatic carbocycles. The summed E-state index contributed by atoms with van der Waals surface area (Å²) in [4.78, 5) is 2.40. The van der Waals surface area contributed by atoms with E-state index in [1.807, 2.05) is 13.8 Å². The summed E-state index contributed by atoms with van der Waals surface area (Å²) in [6.07, 6.45) is 10.3. The SMILES string of the molecule is CCCCCCCCCN(C)C(C)(C)CC(C)(C)O. The Morgan fingerprint density at radius 2 is 1.32 bits per heavy atom. The Labute approximate surface area is 121 Å². The van der Waals surface area contributed by atoms with Crippen LogP contribution in [0.25, 0.3) is 0 Å². The highest BCUT2D eigenvalue weighted by Crippen LogP contribution is 2.25. The summed E-state index contributed by atoms with van der Waals surface area (Å²) in [5, 5.41) is 9.97. The molecule has 0 atom stereocenters. The molecule has 0 saturated heterocycles. The second-order valence-electron chi connectivity index (χ2n) is 7.34. The molecule has 0 aromatic carbocycles. The van der Waals surface area contributed by atoms with Gasteiger partial charge in [-0.25, -0.2) is 0 Å². The van der Waals surface area contributed by atoms with Crippen LogP contribution in [0.5, 0.6) is 0 Å². The highest BCUT2D eigenvalue weighted by molar-refractivity contribution is 4.86. The van der Waals surface area contributed by atoms with Gasteiger partial charge in [0.15, 0.2) is 0 Å². The predicted octanol–water partition coefficient (Wildman–Crippen LogP) is 4.61. The molecule has 0 aromatic heterocycles. The summed E-state index contributed by atoms with van der Waals surface area (Å²) in [5.41, 5.74) is -0.516. The van der Waals surface area contributed by atoms with Crippen molar-refractivity contribution in [2.75, 3.05) is 13.6 Å². The third-order valence-corrected chi connectivity index (χ3v) is 4.00. The standard InChI is InChI=1S/C17H37NO/c1-7-8-9-10-11-12-13-14-18(6)16(2,3)15-17(4,5)19/h19H,7-15H2,1-6H3. The minimum Gasteiger partial charge on any atom is -0.390 e. The molecular formula is C17H37NO. The molecular weight excluding hydrogens is 234 g/mol. The predicted molar refractivity (Wildman–Crippen MR) is 85.6 cm³/mol. The molecule has 19 heavy (non-hydrogen) atoms. The van der Waals surface area contributed by atoms with Crippen LogP contribution in [-0.4, -0.2) is 34.7 Å². The largest absolute Gasteiger partial charge is 0.390 e. The van der Waals surface area contributed by atoms with Gasteiger partial charge in [0, 0.05) is 5.54 Å². The molecule has 0 heterocycles. The van der Waals surface area contributed by atoms with Crippen molar-refractivity contribution in [1.29, 1.82) is 0 Å². The maximum absolute atomic E-state index is 9.97. The molecule has 0 unspecified atom stereocenters. The van der Waals surface area contributed by atoms with E-state index in [-0.39, 0.29) is 5.54 Å². The molecule has 2 heteroatoms. The molecule has 0 aliphatic heterocycles. The van der Waals surface area contributed by atoms with Crippen molar-refractivity contribution in [2.45, 2.75) is 97.1 Å². The number of rotatable bonds is 11. The molecule has 2 nitrogen and oxygen atoms in total. The summed E-state index contributed by atoms with van der Waals surface area (Å²) in [6.45, 7) is 11.7. The first kappa shape index (κ1) is 18.9. The first-order valence-electron chi connectivity index (χ1n) is 8.12. The van der Waals surface area contributed by atoms with Crippen LogP contribution in [0.2, 0.25) is 0 Å². The Bertz CT molecular complexity index is 218. The van der Waals surface area contributed by atoms with Crippen LogP contribution in [0, 0.1) is 0 Å². The van der Waals surface area contributed by atoms with Gasteiger partial charge < -0.3 is 10.0 Å². The first-order chi connectivity index (χ1) is 8.69. The van der Waals surface area contributed by atoms with Gasteiger partial charge in [0.05, 0.1) is 5.60 Å². The van der Waals surface area contributed by atoms with Gasteiger partial charge in [0.2, 0.25) is 0 Å². The molecule has 0 aliphatic rings. The van der Waals surface area contributed by atoms with Crippen molar-refractivity contribution in [1.82, 2.24) is 4.90 Å². The van der Waals surface area contributed by atoms with E-state index in [0.29, 0.717) is 0 Å². The fourth-order valence-electron chi connectivity index (χ4n) is 2.80. The number of nitrogens with zero attached hydrogens (tertiary/aromatic N) is 1. The van der Waals surface area contributed by atoms with Crippen LogP contribution in [0.4, 0.5) is 0 Å². The Hall–Kier alpha value is -0.0800. The summed E-state index contributed by atoms with van der Waals surface area (Å²) >= 11 is 0. The monoisotopic (exact) mass is 271 g/mol. The third kappa shape index (κ3) is 10.4. The molecule has 0 radical (unpaired) electrons. The van der Waals surface area contributed by atoms with E-state index in [4.69, 9.17) is 0 Å². The number of unbranched alkanes of at least 4 members (excludes halogenated alkanes) is 6. The van der Waals surface area contributed by atoms with E-state index in [1.165, 1.54) is 44.9 Å². The van der Waals surface area contributed by atoms with Gasteiger partial charge in [-0.3, -0.25) is 0 Å². The van der Waals surface area contributed by atoms with Gasteiger partial charge in [0.1, 0.15) is 0 Å². The van der Waals surface area contributed by atoms with Gasteiger partial charge in [0.25, 0.3) is 0 Å². The molecule has 0 rings (SSSR count).